The molecule has 0 aromatic heterocycles. The molecule has 1 rings (SSSR count). The van der Waals surface area contributed by atoms with Crippen LogP contribution in [0.2, 0.25) is 0 Å². The molecule has 1 aliphatic rings. The molecule has 5 heteroatoms. The summed E-state index contributed by atoms with van der Waals surface area (Å²) in [5.74, 6) is -0.230. The Labute approximate surface area is 64.7 Å². The number of hydrogen-bond donors (Lipinski definition) is 2. The SMILES string of the molecule is CNCC1C(=O)NC(=O)N1C. The van der Waals surface area contributed by atoms with Gasteiger partial charge in [0.15, 0.2) is 0 Å². The lowest BCUT2D eigenvalue weighted by molar-refractivity contribution is -0.121. The molecule has 0 aromatic carbocycles. The van der Waals surface area contributed by atoms with E-state index in [9.17, 15) is 9.59 Å². The van der Waals surface area contributed by atoms with Crippen LogP contribution in [-0.4, -0.2) is 43.5 Å². The molecule has 3 amide bonds. The number of hydrogen-bond acceptors (Lipinski definition) is 3. The molecule has 1 aliphatic heterocycles. The largest absolute Gasteiger partial charge is 0.324 e. The van der Waals surface area contributed by atoms with Crippen LogP contribution in [0.5, 0.6) is 0 Å². The third kappa shape index (κ3) is 1.32. The van der Waals surface area contributed by atoms with Crippen LogP contribution in [-0.2, 0) is 4.79 Å². The molecule has 1 fully saturated rings. The Kier molecular flexibility index (Phi) is 2.09. The molecular weight excluding hydrogens is 146 g/mol. The standard InChI is InChI=1S/C6H11N3O2/c1-7-3-4-5(10)8-6(11)9(4)2/h4,7H,3H2,1-2H3,(H,8,10,11). The lowest BCUT2D eigenvalue weighted by Crippen LogP contribution is -2.39. The fraction of sp³-hybridized carbons (Fsp3) is 0.667. The number of rotatable bonds is 2. The Balaban J connectivity index is 2.63. The van der Waals surface area contributed by atoms with E-state index in [1.807, 2.05) is 0 Å². The smallest absolute Gasteiger partial charge is 0.317 e. The number of amides is 3. The number of likely N-dealkylation sites (N-methyl/N-ethyl adjacent to an activating group) is 2. The number of nitrogens with one attached hydrogen (secondary N) is 2. The molecule has 62 valence electrons. The number of imide groups is 1. The van der Waals surface area contributed by atoms with Gasteiger partial charge in [-0.1, -0.05) is 0 Å². The number of carbonyl (C=O) groups excluding carboxylic acids is 2. The van der Waals surface area contributed by atoms with Crippen molar-refractivity contribution in [3.05, 3.63) is 0 Å². The predicted octanol–water partition coefficient (Wildman–Crippen LogP) is -1.24. The molecule has 0 radical (unpaired) electrons. The van der Waals surface area contributed by atoms with Crippen molar-refractivity contribution in [1.82, 2.24) is 15.5 Å². The summed E-state index contributed by atoms with van der Waals surface area (Å²) < 4.78 is 0. The minimum absolute atomic E-state index is 0.230. The van der Waals surface area contributed by atoms with Crippen LogP contribution in [0.4, 0.5) is 4.79 Å². The highest BCUT2D eigenvalue weighted by Gasteiger charge is 2.34. The molecule has 0 aromatic rings. The van der Waals surface area contributed by atoms with E-state index >= 15 is 0 Å². The van der Waals surface area contributed by atoms with Gasteiger partial charge < -0.3 is 10.2 Å². The second-order valence-electron chi connectivity index (χ2n) is 2.48. The summed E-state index contributed by atoms with van der Waals surface area (Å²) in [4.78, 5) is 23.2. The number of nitrogens with zero attached hydrogens (tertiary/aromatic N) is 1. The van der Waals surface area contributed by atoms with Crippen LogP contribution in [0.3, 0.4) is 0 Å². The third-order valence-electron chi connectivity index (χ3n) is 1.72. The molecule has 1 unspecified atom stereocenters. The van der Waals surface area contributed by atoms with E-state index in [2.05, 4.69) is 10.6 Å². The molecule has 2 N–H and O–H groups in total. The zero-order valence-corrected chi connectivity index (χ0v) is 6.55. The van der Waals surface area contributed by atoms with Gasteiger partial charge in [0.2, 0.25) is 0 Å². The highest BCUT2D eigenvalue weighted by molar-refractivity contribution is 6.04. The molecule has 0 bridgehead atoms. The van der Waals surface area contributed by atoms with Crippen molar-refractivity contribution < 1.29 is 9.59 Å². The first-order valence-electron chi connectivity index (χ1n) is 3.39. The molecule has 5 nitrogen and oxygen atoms in total. The second kappa shape index (κ2) is 2.87. The molecule has 1 atom stereocenters. The Morgan fingerprint density at radius 2 is 2.27 bits per heavy atom. The number of carbonyl (C=O) groups is 2. The molecule has 0 spiro atoms. The van der Waals surface area contributed by atoms with E-state index in [0.29, 0.717) is 6.54 Å². The Bertz CT molecular complexity index is 192. The Hall–Kier alpha value is -1.10. The van der Waals surface area contributed by atoms with Gasteiger partial charge in [-0.15, -0.1) is 0 Å². The summed E-state index contributed by atoms with van der Waals surface area (Å²) in [6, 6.07) is -0.678. The van der Waals surface area contributed by atoms with Crippen molar-refractivity contribution in [2.24, 2.45) is 0 Å². The fourth-order valence-electron chi connectivity index (χ4n) is 1.02. The van der Waals surface area contributed by atoms with E-state index < -0.39 is 0 Å². The Morgan fingerprint density at radius 1 is 1.64 bits per heavy atom. The van der Waals surface area contributed by atoms with Gasteiger partial charge in [0.25, 0.3) is 5.91 Å². The summed E-state index contributed by atoms with van der Waals surface area (Å²) in [7, 11) is 3.34. The summed E-state index contributed by atoms with van der Waals surface area (Å²) in [6.07, 6.45) is 0. The van der Waals surface area contributed by atoms with Crippen LogP contribution in [0.1, 0.15) is 0 Å². The zero-order chi connectivity index (χ0) is 8.43. The average Bonchev–Trinajstić information content (AvgIpc) is 2.17. The van der Waals surface area contributed by atoms with Crippen LogP contribution in [0.25, 0.3) is 0 Å². The van der Waals surface area contributed by atoms with Crippen molar-refractivity contribution in [3.8, 4) is 0 Å². The first-order valence-corrected chi connectivity index (χ1v) is 3.39. The summed E-state index contributed by atoms with van der Waals surface area (Å²) in [5, 5.41) is 5.05. The fourth-order valence-corrected chi connectivity index (χ4v) is 1.02. The van der Waals surface area contributed by atoms with Crippen LogP contribution >= 0.6 is 0 Å². The maximum Gasteiger partial charge on any atom is 0.324 e. The molecular formula is C6H11N3O2. The van der Waals surface area contributed by atoms with Crippen LogP contribution in [0.15, 0.2) is 0 Å². The average molecular weight is 157 g/mol. The Morgan fingerprint density at radius 3 is 2.64 bits per heavy atom. The van der Waals surface area contributed by atoms with Gasteiger partial charge in [0.1, 0.15) is 6.04 Å². The summed E-state index contributed by atoms with van der Waals surface area (Å²) in [5.41, 5.74) is 0. The van der Waals surface area contributed by atoms with Crippen molar-refractivity contribution in [1.29, 1.82) is 0 Å². The predicted molar refractivity (Wildman–Crippen MR) is 39.0 cm³/mol. The lowest BCUT2D eigenvalue weighted by atomic mass is 10.3. The van der Waals surface area contributed by atoms with E-state index in [0.717, 1.165) is 0 Å². The van der Waals surface area contributed by atoms with Crippen molar-refractivity contribution in [2.45, 2.75) is 6.04 Å². The first-order chi connectivity index (χ1) is 5.16. The highest BCUT2D eigenvalue weighted by atomic mass is 16.2. The van der Waals surface area contributed by atoms with Crippen molar-refractivity contribution in [3.63, 3.8) is 0 Å². The van der Waals surface area contributed by atoms with Crippen molar-refractivity contribution in [2.75, 3.05) is 20.6 Å². The van der Waals surface area contributed by atoms with Gasteiger partial charge in [-0.3, -0.25) is 10.1 Å². The minimum Gasteiger partial charge on any atom is -0.317 e. The van der Waals surface area contributed by atoms with Gasteiger partial charge >= 0.3 is 6.03 Å². The minimum atomic E-state index is -0.354. The van der Waals surface area contributed by atoms with Crippen LogP contribution < -0.4 is 10.6 Å². The topological polar surface area (TPSA) is 61.4 Å². The molecule has 1 saturated heterocycles. The second-order valence-corrected chi connectivity index (χ2v) is 2.48. The van der Waals surface area contributed by atoms with E-state index in [4.69, 9.17) is 0 Å². The molecule has 1 heterocycles. The lowest BCUT2D eigenvalue weighted by Gasteiger charge is -2.14. The van der Waals surface area contributed by atoms with Gasteiger partial charge in [0, 0.05) is 13.6 Å². The summed E-state index contributed by atoms with van der Waals surface area (Å²) in [6.45, 7) is 0.494. The third-order valence-corrected chi connectivity index (χ3v) is 1.72. The monoisotopic (exact) mass is 157 g/mol. The highest BCUT2D eigenvalue weighted by Crippen LogP contribution is 2.03. The summed E-state index contributed by atoms with van der Waals surface area (Å²) >= 11 is 0. The molecule has 11 heavy (non-hydrogen) atoms. The normalized spacial score (nSPS) is 24.2. The van der Waals surface area contributed by atoms with Gasteiger partial charge in [-0.05, 0) is 7.05 Å². The quantitative estimate of drug-likeness (QED) is 0.493. The van der Waals surface area contributed by atoms with Crippen molar-refractivity contribution >= 4 is 11.9 Å². The maximum absolute atomic E-state index is 11.0. The molecule has 0 saturated carbocycles. The maximum atomic E-state index is 11.0. The van der Waals surface area contributed by atoms with E-state index in [1.54, 1.807) is 14.1 Å². The van der Waals surface area contributed by atoms with Crippen LogP contribution in [0, 0.1) is 0 Å². The first kappa shape index (κ1) is 8.00. The van der Waals surface area contributed by atoms with Gasteiger partial charge in [-0.25, -0.2) is 4.79 Å². The van der Waals surface area contributed by atoms with E-state index in [-0.39, 0.29) is 18.0 Å². The van der Waals surface area contributed by atoms with Gasteiger partial charge in [0.05, 0.1) is 0 Å². The zero-order valence-electron chi connectivity index (χ0n) is 6.55. The number of urea groups is 1. The van der Waals surface area contributed by atoms with E-state index in [1.165, 1.54) is 4.90 Å². The molecule has 0 aliphatic carbocycles. The van der Waals surface area contributed by atoms with Gasteiger partial charge in [-0.2, -0.15) is 0 Å².